The Labute approximate surface area is 145 Å². The summed E-state index contributed by atoms with van der Waals surface area (Å²) >= 11 is 0. The van der Waals surface area contributed by atoms with Crippen LogP contribution in [0.4, 0.5) is 0 Å². The number of rotatable bonds is 6. The van der Waals surface area contributed by atoms with Crippen LogP contribution >= 0.6 is 0 Å². The number of likely N-dealkylation sites (tertiary alicyclic amines) is 1. The summed E-state index contributed by atoms with van der Waals surface area (Å²) in [6.07, 6.45) is 5.44. The molecule has 0 aromatic carbocycles. The molecule has 4 fully saturated rings. The van der Waals surface area contributed by atoms with E-state index in [-0.39, 0.29) is 6.10 Å². The molecule has 0 bridgehead atoms. The summed E-state index contributed by atoms with van der Waals surface area (Å²) in [5, 5.41) is 0. The zero-order valence-corrected chi connectivity index (χ0v) is 14.7. The highest BCUT2D eigenvalue weighted by atomic mass is 16.5. The number of nitrogens with zero attached hydrogens (tertiary/aromatic N) is 2. The maximum absolute atomic E-state index is 6.35. The fraction of sp³-hybridized carbons (Fsp3) is 1.00. The molecule has 4 saturated heterocycles. The lowest BCUT2D eigenvalue weighted by molar-refractivity contribution is -0.104. The zero-order chi connectivity index (χ0) is 16.2. The van der Waals surface area contributed by atoms with Crippen LogP contribution in [0.25, 0.3) is 0 Å². The van der Waals surface area contributed by atoms with E-state index in [1.807, 2.05) is 0 Å². The Morgan fingerprint density at radius 1 is 0.917 bits per heavy atom. The van der Waals surface area contributed by atoms with Gasteiger partial charge in [0.1, 0.15) is 0 Å². The third-order valence-corrected chi connectivity index (χ3v) is 6.01. The molecule has 0 spiro atoms. The normalized spacial score (nSPS) is 38.5. The van der Waals surface area contributed by atoms with E-state index >= 15 is 0 Å². The zero-order valence-electron chi connectivity index (χ0n) is 14.7. The van der Waals surface area contributed by atoms with Gasteiger partial charge in [-0.3, -0.25) is 9.80 Å². The topological polar surface area (TPSA) is 43.4 Å². The van der Waals surface area contributed by atoms with Gasteiger partial charge in [0.05, 0.1) is 45.2 Å². The third kappa shape index (κ3) is 4.11. The molecular weight excluding hydrogens is 308 g/mol. The van der Waals surface area contributed by atoms with Crippen molar-refractivity contribution in [3.63, 3.8) is 0 Å². The van der Waals surface area contributed by atoms with Gasteiger partial charge in [0.15, 0.2) is 0 Å². The first-order valence-electron chi connectivity index (χ1n) is 9.77. The van der Waals surface area contributed by atoms with Gasteiger partial charge in [-0.25, -0.2) is 0 Å². The summed E-state index contributed by atoms with van der Waals surface area (Å²) in [6, 6.07) is 1.24. The van der Waals surface area contributed by atoms with Crippen molar-refractivity contribution < 1.29 is 18.9 Å². The summed E-state index contributed by atoms with van der Waals surface area (Å²) in [5.74, 6) is 0. The average Bonchev–Trinajstić information content (AvgIpc) is 3.28. The first kappa shape index (κ1) is 17.2. The number of hydrogen-bond acceptors (Lipinski definition) is 6. The van der Waals surface area contributed by atoms with Crippen LogP contribution in [0.15, 0.2) is 0 Å². The molecule has 4 atom stereocenters. The fourth-order valence-electron chi connectivity index (χ4n) is 4.62. The third-order valence-electron chi connectivity index (χ3n) is 6.01. The molecule has 4 heterocycles. The minimum absolute atomic E-state index is 0.288. The molecule has 6 nitrogen and oxygen atoms in total. The van der Waals surface area contributed by atoms with Crippen molar-refractivity contribution in [1.29, 1.82) is 0 Å². The Hall–Kier alpha value is -0.240. The predicted octanol–water partition coefficient (Wildman–Crippen LogP) is 0.746. The van der Waals surface area contributed by atoms with Crippen LogP contribution in [0.5, 0.6) is 0 Å². The van der Waals surface area contributed by atoms with E-state index in [0.29, 0.717) is 18.2 Å². The molecule has 4 aliphatic rings. The summed E-state index contributed by atoms with van der Waals surface area (Å²) < 4.78 is 23.2. The minimum atomic E-state index is 0.288. The van der Waals surface area contributed by atoms with Crippen molar-refractivity contribution in [2.75, 3.05) is 65.8 Å². The van der Waals surface area contributed by atoms with Gasteiger partial charge in [0.25, 0.3) is 0 Å². The highest BCUT2D eigenvalue weighted by Gasteiger charge is 2.43. The molecule has 0 unspecified atom stereocenters. The first-order chi connectivity index (χ1) is 11.9. The number of morpholine rings is 1. The van der Waals surface area contributed by atoms with E-state index < -0.39 is 0 Å². The molecule has 0 aromatic heterocycles. The number of fused-ring (bicyclic) bond motifs is 1. The fourth-order valence-corrected chi connectivity index (χ4v) is 4.62. The van der Waals surface area contributed by atoms with Crippen LogP contribution in [-0.4, -0.2) is 99.9 Å². The standard InChI is InChI=1S/C18H32N2O4/c1-2-17-18(3-5-20(17)15-4-9-22-13-15)24-16(1)14-23-12-8-19-6-10-21-11-7-19/h15-18H,1-14H2/t15-,16-,17-,18-/m0/s1. The highest BCUT2D eigenvalue weighted by Crippen LogP contribution is 2.34. The van der Waals surface area contributed by atoms with Crippen LogP contribution in [0.2, 0.25) is 0 Å². The van der Waals surface area contributed by atoms with E-state index in [2.05, 4.69) is 9.80 Å². The maximum atomic E-state index is 6.35. The molecular formula is C18H32N2O4. The Morgan fingerprint density at radius 2 is 1.83 bits per heavy atom. The van der Waals surface area contributed by atoms with Gasteiger partial charge >= 0.3 is 0 Å². The number of ether oxygens (including phenoxy) is 4. The van der Waals surface area contributed by atoms with E-state index in [9.17, 15) is 0 Å². The molecule has 138 valence electrons. The van der Waals surface area contributed by atoms with Crippen molar-refractivity contribution in [3.8, 4) is 0 Å². The second kappa shape index (κ2) is 8.43. The molecule has 0 aromatic rings. The second-order valence-electron chi connectivity index (χ2n) is 7.51. The molecule has 0 amide bonds. The monoisotopic (exact) mass is 340 g/mol. The summed E-state index contributed by atoms with van der Waals surface area (Å²) in [5.41, 5.74) is 0. The molecule has 0 saturated carbocycles. The van der Waals surface area contributed by atoms with Gasteiger partial charge in [-0.1, -0.05) is 0 Å². The van der Waals surface area contributed by atoms with Crippen LogP contribution < -0.4 is 0 Å². The van der Waals surface area contributed by atoms with Gasteiger partial charge < -0.3 is 18.9 Å². The quantitative estimate of drug-likeness (QED) is 0.665. The van der Waals surface area contributed by atoms with Crippen molar-refractivity contribution in [3.05, 3.63) is 0 Å². The second-order valence-corrected chi connectivity index (χ2v) is 7.51. The van der Waals surface area contributed by atoms with E-state index in [0.717, 1.165) is 65.7 Å². The SMILES string of the molecule is C1CN(CCOC[C@@H]2CC[C@H]3[C@H](CCN3[C@H]3CCOC3)O2)CCO1. The van der Waals surface area contributed by atoms with Crippen LogP contribution in [0.1, 0.15) is 25.7 Å². The molecule has 4 aliphatic heterocycles. The largest absolute Gasteiger partial charge is 0.380 e. The molecule has 0 N–H and O–H groups in total. The Kier molecular flexibility index (Phi) is 6.04. The predicted molar refractivity (Wildman–Crippen MR) is 90.3 cm³/mol. The lowest BCUT2D eigenvalue weighted by Crippen LogP contribution is -2.47. The Morgan fingerprint density at radius 3 is 2.67 bits per heavy atom. The van der Waals surface area contributed by atoms with Gasteiger partial charge in [-0.2, -0.15) is 0 Å². The Bertz CT molecular complexity index is 385. The molecule has 24 heavy (non-hydrogen) atoms. The highest BCUT2D eigenvalue weighted by molar-refractivity contribution is 4.96. The molecule has 0 aliphatic carbocycles. The van der Waals surface area contributed by atoms with Gasteiger partial charge in [0, 0.05) is 44.9 Å². The summed E-state index contributed by atoms with van der Waals surface area (Å²) in [4.78, 5) is 5.08. The lowest BCUT2D eigenvalue weighted by atomic mass is 9.98. The number of hydrogen-bond donors (Lipinski definition) is 0. The van der Waals surface area contributed by atoms with Gasteiger partial charge in [0.2, 0.25) is 0 Å². The maximum Gasteiger partial charge on any atom is 0.0813 e. The van der Waals surface area contributed by atoms with Gasteiger partial charge in [-0.15, -0.1) is 0 Å². The van der Waals surface area contributed by atoms with Gasteiger partial charge in [-0.05, 0) is 25.7 Å². The van der Waals surface area contributed by atoms with Crippen molar-refractivity contribution >= 4 is 0 Å². The Balaban J connectivity index is 1.15. The van der Waals surface area contributed by atoms with Crippen molar-refractivity contribution in [2.24, 2.45) is 0 Å². The van der Waals surface area contributed by atoms with E-state index in [1.165, 1.54) is 25.8 Å². The summed E-state index contributed by atoms with van der Waals surface area (Å²) in [6.45, 7) is 9.37. The van der Waals surface area contributed by atoms with Crippen LogP contribution in [0.3, 0.4) is 0 Å². The minimum Gasteiger partial charge on any atom is -0.380 e. The summed E-state index contributed by atoms with van der Waals surface area (Å²) in [7, 11) is 0. The average molecular weight is 340 g/mol. The lowest BCUT2D eigenvalue weighted by Gasteiger charge is -2.38. The van der Waals surface area contributed by atoms with E-state index in [4.69, 9.17) is 18.9 Å². The molecule has 0 radical (unpaired) electrons. The first-order valence-corrected chi connectivity index (χ1v) is 9.77. The van der Waals surface area contributed by atoms with E-state index in [1.54, 1.807) is 0 Å². The van der Waals surface area contributed by atoms with Crippen LogP contribution in [0, 0.1) is 0 Å². The van der Waals surface area contributed by atoms with Crippen LogP contribution in [-0.2, 0) is 18.9 Å². The smallest absolute Gasteiger partial charge is 0.0813 e. The van der Waals surface area contributed by atoms with Crippen molar-refractivity contribution in [1.82, 2.24) is 9.80 Å². The van der Waals surface area contributed by atoms with Crippen molar-refractivity contribution in [2.45, 2.75) is 50.0 Å². The molecule has 4 rings (SSSR count). The molecule has 6 heteroatoms.